The first-order valence-electron chi connectivity index (χ1n) is 7.58. The summed E-state index contributed by atoms with van der Waals surface area (Å²) in [5, 5.41) is 44.3. The molecule has 0 unspecified atom stereocenters. The summed E-state index contributed by atoms with van der Waals surface area (Å²) in [5.74, 6) is 0. The van der Waals surface area contributed by atoms with Crippen LogP contribution < -0.4 is 4.57 Å². The molecule has 14 nitrogen and oxygen atoms in total. The van der Waals surface area contributed by atoms with E-state index >= 15 is 0 Å². The summed E-state index contributed by atoms with van der Waals surface area (Å²) < 4.78 is 2.24. The highest BCUT2D eigenvalue weighted by Crippen LogP contribution is 2.28. The third kappa shape index (κ3) is 3.57. The van der Waals surface area contributed by atoms with E-state index in [0.29, 0.717) is 0 Å². The molecule has 0 aliphatic rings. The molecule has 3 rings (SSSR count). The van der Waals surface area contributed by atoms with Crippen LogP contribution in [0, 0.1) is 46.8 Å². The molecule has 0 amide bonds. The fourth-order valence-electron chi connectivity index (χ4n) is 2.54. The number of imidazole rings is 1. The number of nitro benzene ring substituents is 4. The molecule has 0 N–H and O–H groups in total. The van der Waals surface area contributed by atoms with Crippen molar-refractivity contribution in [2.75, 3.05) is 0 Å². The van der Waals surface area contributed by atoms with E-state index in [-0.39, 0.29) is 11.4 Å². The van der Waals surface area contributed by atoms with Gasteiger partial charge in [0.1, 0.15) is 11.4 Å². The van der Waals surface area contributed by atoms with E-state index in [9.17, 15) is 40.5 Å². The zero-order chi connectivity index (χ0) is 21.3. The van der Waals surface area contributed by atoms with Crippen molar-refractivity contribution in [1.29, 1.82) is 0 Å². The van der Waals surface area contributed by atoms with Crippen LogP contribution in [0.15, 0.2) is 48.8 Å². The van der Waals surface area contributed by atoms with Gasteiger partial charge in [0.25, 0.3) is 29.1 Å². The average molecular weight is 400 g/mol. The van der Waals surface area contributed by atoms with E-state index in [2.05, 4.69) is 6.33 Å². The lowest BCUT2D eigenvalue weighted by Crippen LogP contribution is -2.29. The summed E-state index contributed by atoms with van der Waals surface area (Å²) in [4.78, 5) is 41.1. The molecule has 1 aromatic heterocycles. The zero-order valence-corrected chi connectivity index (χ0v) is 14.1. The number of nitro groups is 4. The number of hydrogen-bond acceptors (Lipinski definition) is 8. The molecular formula is C15H8N6O8. The van der Waals surface area contributed by atoms with Crippen LogP contribution in [0.1, 0.15) is 0 Å². The SMILES string of the molecule is O=[N+]([O-])c1ccc(-n2[c-][n+](-c3ccc([N+](=O)[O-])cc3[N+](=O)[O-])cc2)c([N+](=O)[O-])c1. The largest absolute Gasteiger partial charge is 0.293 e. The second-order valence-corrected chi connectivity index (χ2v) is 5.51. The molecule has 0 radical (unpaired) electrons. The van der Waals surface area contributed by atoms with Crippen LogP contribution in [-0.4, -0.2) is 24.3 Å². The Balaban J connectivity index is 2.11. The molecule has 146 valence electrons. The van der Waals surface area contributed by atoms with E-state index in [1.54, 1.807) is 0 Å². The van der Waals surface area contributed by atoms with Crippen LogP contribution in [0.4, 0.5) is 22.7 Å². The van der Waals surface area contributed by atoms with Crippen molar-refractivity contribution in [3.8, 4) is 11.4 Å². The van der Waals surface area contributed by atoms with E-state index in [4.69, 9.17) is 0 Å². The monoisotopic (exact) mass is 400 g/mol. The Morgan fingerprint density at radius 2 is 1.31 bits per heavy atom. The van der Waals surface area contributed by atoms with Crippen molar-refractivity contribution >= 4 is 22.7 Å². The zero-order valence-electron chi connectivity index (χ0n) is 14.1. The number of benzene rings is 2. The topological polar surface area (TPSA) is 181 Å². The van der Waals surface area contributed by atoms with E-state index < -0.39 is 42.4 Å². The van der Waals surface area contributed by atoms with Gasteiger partial charge in [-0.15, -0.1) is 0 Å². The minimum absolute atomic E-state index is 0.0658. The van der Waals surface area contributed by atoms with Crippen molar-refractivity contribution in [3.63, 3.8) is 0 Å². The lowest BCUT2D eigenvalue weighted by molar-refractivity contribution is -0.604. The minimum Gasteiger partial charge on any atom is -0.293 e. The molecule has 0 aliphatic heterocycles. The molecule has 0 spiro atoms. The molecule has 2 aromatic carbocycles. The standard InChI is InChI=1S/C15H8N6O8/c22-18(23)10-1-3-12(14(7-10)20(26)27)16-5-6-17(9-16)13-4-2-11(19(24)25)8-15(13)21(28)29/h1-8H. The number of aromatic nitrogens is 2. The number of nitrogens with zero attached hydrogens (tertiary/aromatic N) is 6. The minimum atomic E-state index is -0.811. The van der Waals surface area contributed by atoms with Crippen LogP contribution >= 0.6 is 0 Å². The van der Waals surface area contributed by atoms with Gasteiger partial charge in [-0.1, -0.05) is 0 Å². The normalized spacial score (nSPS) is 10.5. The van der Waals surface area contributed by atoms with E-state index in [1.165, 1.54) is 12.4 Å². The van der Waals surface area contributed by atoms with Gasteiger partial charge in [-0.05, 0) is 12.1 Å². The molecule has 14 heteroatoms. The molecule has 0 saturated heterocycles. The van der Waals surface area contributed by atoms with Gasteiger partial charge in [0, 0.05) is 24.5 Å². The lowest BCUT2D eigenvalue weighted by atomic mass is 10.2. The average Bonchev–Trinajstić information content (AvgIpc) is 3.16. The first-order valence-corrected chi connectivity index (χ1v) is 7.58. The van der Waals surface area contributed by atoms with Crippen molar-refractivity contribution in [1.82, 2.24) is 4.57 Å². The summed E-state index contributed by atoms with van der Waals surface area (Å²) in [6.07, 6.45) is 5.20. The van der Waals surface area contributed by atoms with Crippen molar-refractivity contribution < 1.29 is 24.3 Å². The van der Waals surface area contributed by atoms with E-state index in [1.807, 2.05) is 0 Å². The highest BCUT2D eigenvalue weighted by molar-refractivity contribution is 5.58. The molecule has 1 heterocycles. The van der Waals surface area contributed by atoms with Gasteiger partial charge in [0.15, 0.2) is 0 Å². The Hall–Kier alpha value is -4.75. The summed E-state index contributed by atoms with van der Waals surface area (Å²) in [7, 11) is 0. The molecule has 29 heavy (non-hydrogen) atoms. The van der Waals surface area contributed by atoms with Gasteiger partial charge in [0.2, 0.25) is 0 Å². The van der Waals surface area contributed by atoms with Crippen LogP contribution in [0.2, 0.25) is 0 Å². The molecule has 3 aromatic rings. The fraction of sp³-hybridized carbons (Fsp3) is 0. The highest BCUT2D eigenvalue weighted by atomic mass is 16.6. The third-order valence-electron chi connectivity index (χ3n) is 3.83. The predicted octanol–water partition coefficient (Wildman–Crippen LogP) is 2.19. The molecule has 0 saturated carbocycles. The quantitative estimate of drug-likeness (QED) is 0.261. The van der Waals surface area contributed by atoms with E-state index in [0.717, 1.165) is 45.5 Å². The van der Waals surface area contributed by atoms with Crippen molar-refractivity contribution in [3.05, 3.63) is 95.6 Å². The first kappa shape index (κ1) is 19.0. The molecule has 0 atom stereocenters. The molecular weight excluding hydrogens is 392 g/mol. The van der Waals surface area contributed by atoms with Gasteiger partial charge in [-0.25, -0.2) is 0 Å². The Kier molecular flexibility index (Phi) is 4.66. The Morgan fingerprint density at radius 1 is 0.759 bits per heavy atom. The van der Waals surface area contributed by atoms with Crippen LogP contribution in [0.25, 0.3) is 11.4 Å². The Labute approximate surface area is 159 Å². The Morgan fingerprint density at radius 3 is 1.86 bits per heavy atom. The number of rotatable bonds is 6. The molecule has 0 bridgehead atoms. The van der Waals surface area contributed by atoms with Crippen LogP contribution in [-0.2, 0) is 0 Å². The summed E-state index contributed by atoms with van der Waals surface area (Å²) >= 11 is 0. The number of hydrogen-bond donors (Lipinski definition) is 0. The molecule has 0 fully saturated rings. The summed E-state index contributed by atoms with van der Waals surface area (Å²) in [5.41, 5.74) is -2.24. The highest BCUT2D eigenvalue weighted by Gasteiger charge is 2.24. The third-order valence-corrected chi connectivity index (χ3v) is 3.83. The summed E-state index contributed by atoms with van der Waals surface area (Å²) in [6.45, 7) is 0. The summed E-state index contributed by atoms with van der Waals surface area (Å²) in [6, 6.07) is 5.97. The van der Waals surface area contributed by atoms with Gasteiger partial charge in [-0.3, -0.25) is 49.6 Å². The van der Waals surface area contributed by atoms with Crippen molar-refractivity contribution in [2.24, 2.45) is 0 Å². The fourth-order valence-corrected chi connectivity index (χ4v) is 2.54. The van der Waals surface area contributed by atoms with Crippen LogP contribution in [0.3, 0.4) is 0 Å². The maximum atomic E-state index is 11.3. The van der Waals surface area contributed by atoms with Gasteiger partial charge in [0.05, 0.1) is 31.8 Å². The maximum absolute atomic E-state index is 11.3. The predicted molar refractivity (Wildman–Crippen MR) is 92.8 cm³/mol. The smallest absolute Gasteiger partial charge is 0.290 e. The maximum Gasteiger partial charge on any atom is 0.290 e. The number of non-ortho nitro benzene ring substituents is 2. The first-order chi connectivity index (χ1) is 13.7. The van der Waals surface area contributed by atoms with Gasteiger partial charge >= 0.3 is 0 Å². The Bertz CT molecular complexity index is 1100. The van der Waals surface area contributed by atoms with Gasteiger partial charge in [-0.2, -0.15) is 0 Å². The lowest BCUT2D eigenvalue weighted by Gasteiger charge is -2.04. The van der Waals surface area contributed by atoms with Crippen molar-refractivity contribution in [2.45, 2.75) is 0 Å². The second-order valence-electron chi connectivity index (χ2n) is 5.51. The molecule has 0 aliphatic carbocycles. The second kappa shape index (κ2) is 7.10. The van der Waals surface area contributed by atoms with Gasteiger partial charge < -0.3 is 0 Å². The van der Waals surface area contributed by atoms with Crippen LogP contribution in [0.5, 0.6) is 0 Å².